The minimum Gasteiger partial charge on any atom is -0.497 e. The lowest BCUT2D eigenvalue weighted by Crippen LogP contribution is -2.23. The first-order chi connectivity index (χ1) is 9.74. The fourth-order valence-electron chi connectivity index (χ4n) is 2.19. The molecule has 0 saturated heterocycles. The van der Waals surface area contributed by atoms with Gasteiger partial charge in [0.1, 0.15) is 5.75 Å². The van der Waals surface area contributed by atoms with Gasteiger partial charge in [-0.05, 0) is 70.9 Å². The third-order valence-electron chi connectivity index (χ3n) is 3.23. The van der Waals surface area contributed by atoms with Crippen LogP contribution >= 0.6 is 22.6 Å². The van der Waals surface area contributed by atoms with Crippen molar-refractivity contribution in [3.05, 3.63) is 63.2 Å². The van der Waals surface area contributed by atoms with Gasteiger partial charge in [-0.15, -0.1) is 0 Å². The summed E-state index contributed by atoms with van der Waals surface area (Å²) in [4.78, 5) is 0. The Hall–Kier alpha value is -1.07. The van der Waals surface area contributed by atoms with Gasteiger partial charge in [-0.1, -0.05) is 31.2 Å². The second-order valence-electron chi connectivity index (χ2n) is 4.72. The highest BCUT2D eigenvalue weighted by Crippen LogP contribution is 2.25. The Balaban J connectivity index is 2.32. The molecule has 1 atom stereocenters. The number of rotatable bonds is 6. The fourth-order valence-corrected chi connectivity index (χ4v) is 2.55. The molecule has 2 rings (SSSR count). The third-order valence-corrected chi connectivity index (χ3v) is 3.95. The van der Waals surface area contributed by atoms with Crippen molar-refractivity contribution >= 4 is 22.6 Å². The maximum atomic E-state index is 5.34. The van der Waals surface area contributed by atoms with Crippen LogP contribution in [0.4, 0.5) is 0 Å². The molecule has 0 aliphatic rings. The average Bonchev–Trinajstić information content (AvgIpc) is 2.49. The Bertz CT molecular complexity index is 539. The number of halogens is 1. The first-order valence-corrected chi connectivity index (χ1v) is 7.95. The van der Waals surface area contributed by atoms with E-state index in [0.29, 0.717) is 0 Å². The Labute approximate surface area is 134 Å². The van der Waals surface area contributed by atoms with Crippen LogP contribution in [0.1, 0.15) is 30.5 Å². The molecule has 0 saturated carbocycles. The molecule has 3 heteroatoms. The summed E-state index contributed by atoms with van der Waals surface area (Å²) < 4.78 is 6.59. The maximum Gasteiger partial charge on any atom is 0.119 e. The molecule has 0 aliphatic carbocycles. The van der Waals surface area contributed by atoms with Gasteiger partial charge in [-0.25, -0.2) is 0 Å². The predicted molar refractivity (Wildman–Crippen MR) is 92.3 cm³/mol. The summed E-state index contributed by atoms with van der Waals surface area (Å²) in [7, 11) is 1.71. The molecule has 0 aliphatic heterocycles. The molecular formula is C17H20INO. The molecule has 2 nitrogen and oxygen atoms in total. The van der Waals surface area contributed by atoms with Gasteiger partial charge in [0.25, 0.3) is 0 Å². The summed E-state index contributed by atoms with van der Waals surface area (Å²) in [5.41, 5.74) is 2.52. The lowest BCUT2D eigenvalue weighted by molar-refractivity contribution is 0.413. The summed E-state index contributed by atoms with van der Waals surface area (Å²) in [6.07, 6.45) is 1.12. The van der Waals surface area contributed by atoms with Crippen LogP contribution in [-0.2, 0) is 0 Å². The summed E-state index contributed by atoms with van der Waals surface area (Å²) in [5, 5.41) is 3.61. The fraction of sp³-hybridized carbons (Fsp3) is 0.294. The number of hydrogen-bond donors (Lipinski definition) is 1. The van der Waals surface area contributed by atoms with Crippen molar-refractivity contribution in [2.24, 2.45) is 0 Å². The second kappa shape index (κ2) is 7.64. The van der Waals surface area contributed by atoms with Gasteiger partial charge in [0.15, 0.2) is 0 Å². The molecule has 0 fully saturated rings. The Morgan fingerprint density at radius 1 is 1.10 bits per heavy atom. The first kappa shape index (κ1) is 15.3. The van der Waals surface area contributed by atoms with Crippen LogP contribution in [0, 0.1) is 3.57 Å². The zero-order valence-electron chi connectivity index (χ0n) is 11.9. The first-order valence-electron chi connectivity index (χ1n) is 6.87. The smallest absolute Gasteiger partial charge is 0.119 e. The van der Waals surface area contributed by atoms with Crippen molar-refractivity contribution in [2.45, 2.75) is 19.4 Å². The molecule has 20 heavy (non-hydrogen) atoms. The van der Waals surface area contributed by atoms with Crippen LogP contribution in [0.15, 0.2) is 48.5 Å². The normalized spacial score (nSPS) is 12.2. The van der Waals surface area contributed by atoms with Crippen LogP contribution in [0.25, 0.3) is 0 Å². The quantitative estimate of drug-likeness (QED) is 0.750. The van der Waals surface area contributed by atoms with Crippen LogP contribution in [0.5, 0.6) is 5.75 Å². The van der Waals surface area contributed by atoms with E-state index in [1.807, 2.05) is 12.1 Å². The molecule has 2 aromatic rings. The van der Waals surface area contributed by atoms with Crippen molar-refractivity contribution in [2.75, 3.05) is 13.7 Å². The van der Waals surface area contributed by atoms with E-state index in [4.69, 9.17) is 4.74 Å². The van der Waals surface area contributed by atoms with E-state index in [1.54, 1.807) is 7.11 Å². The predicted octanol–water partition coefficient (Wildman–Crippen LogP) is 4.39. The van der Waals surface area contributed by atoms with E-state index in [1.165, 1.54) is 14.7 Å². The van der Waals surface area contributed by atoms with Crippen molar-refractivity contribution in [3.8, 4) is 5.75 Å². The zero-order chi connectivity index (χ0) is 14.4. The van der Waals surface area contributed by atoms with E-state index in [2.05, 4.69) is 71.2 Å². The molecule has 0 bridgehead atoms. The Morgan fingerprint density at radius 2 is 1.85 bits per heavy atom. The number of hydrogen-bond acceptors (Lipinski definition) is 2. The molecule has 1 N–H and O–H groups in total. The molecule has 2 aromatic carbocycles. The van der Waals surface area contributed by atoms with Gasteiger partial charge in [0.05, 0.1) is 13.2 Å². The third kappa shape index (κ3) is 3.96. The van der Waals surface area contributed by atoms with E-state index >= 15 is 0 Å². The number of nitrogens with one attached hydrogen (secondary N) is 1. The van der Waals surface area contributed by atoms with E-state index < -0.39 is 0 Å². The van der Waals surface area contributed by atoms with E-state index in [9.17, 15) is 0 Å². The minimum absolute atomic E-state index is 0.210. The van der Waals surface area contributed by atoms with Crippen LogP contribution in [-0.4, -0.2) is 13.7 Å². The largest absolute Gasteiger partial charge is 0.497 e. The summed E-state index contributed by atoms with van der Waals surface area (Å²) >= 11 is 2.33. The lowest BCUT2D eigenvalue weighted by atomic mass is 9.98. The van der Waals surface area contributed by atoms with Crippen LogP contribution in [0.3, 0.4) is 0 Å². The van der Waals surface area contributed by atoms with Crippen molar-refractivity contribution in [1.82, 2.24) is 5.32 Å². The van der Waals surface area contributed by atoms with Gasteiger partial charge in [0, 0.05) is 3.57 Å². The number of benzene rings is 2. The molecule has 1 unspecified atom stereocenters. The zero-order valence-corrected chi connectivity index (χ0v) is 14.1. The molecule has 0 spiro atoms. The van der Waals surface area contributed by atoms with Gasteiger partial charge in [-0.3, -0.25) is 0 Å². The summed E-state index contributed by atoms with van der Waals surface area (Å²) in [6.45, 7) is 3.18. The van der Waals surface area contributed by atoms with Crippen molar-refractivity contribution in [1.29, 1.82) is 0 Å². The molecule has 0 amide bonds. The molecule has 106 valence electrons. The topological polar surface area (TPSA) is 21.3 Å². The Kier molecular flexibility index (Phi) is 5.86. The van der Waals surface area contributed by atoms with E-state index in [-0.39, 0.29) is 6.04 Å². The molecule has 0 heterocycles. The summed E-state index contributed by atoms with van der Waals surface area (Å²) in [6, 6.07) is 17.2. The highest BCUT2D eigenvalue weighted by molar-refractivity contribution is 14.1. The average molecular weight is 381 g/mol. The van der Waals surface area contributed by atoms with E-state index in [0.717, 1.165) is 18.7 Å². The molecule has 0 aromatic heterocycles. The van der Waals surface area contributed by atoms with Gasteiger partial charge < -0.3 is 10.1 Å². The minimum atomic E-state index is 0.210. The standard InChI is InChI=1S/C17H20INO/c1-3-11-19-17(13-7-9-15(18)10-8-13)14-5-4-6-16(12-14)20-2/h4-10,12,17,19H,3,11H2,1-2H3. The van der Waals surface area contributed by atoms with Crippen molar-refractivity contribution < 1.29 is 4.74 Å². The molecular weight excluding hydrogens is 361 g/mol. The Morgan fingerprint density at radius 3 is 2.50 bits per heavy atom. The lowest BCUT2D eigenvalue weighted by Gasteiger charge is -2.20. The number of ether oxygens (including phenoxy) is 1. The summed E-state index contributed by atoms with van der Waals surface area (Å²) in [5.74, 6) is 0.899. The van der Waals surface area contributed by atoms with Crippen LogP contribution < -0.4 is 10.1 Å². The SMILES string of the molecule is CCCNC(c1ccc(I)cc1)c1cccc(OC)c1. The highest BCUT2D eigenvalue weighted by atomic mass is 127. The van der Waals surface area contributed by atoms with Gasteiger partial charge in [0.2, 0.25) is 0 Å². The van der Waals surface area contributed by atoms with Gasteiger partial charge >= 0.3 is 0 Å². The van der Waals surface area contributed by atoms with Gasteiger partial charge in [-0.2, -0.15) is 0 Å². The van der Waals surface area contributed by atoms with Crippen molar-refractivity contribution in [3.63, 3.8) is 0 Å². The molecule has 0 radical (unpaired) electrons. The van der Waals surface area contributed by atoms with Crippen LogP contribution in [0.2, 0.25) is 0 Å². The number of methoxy groups -OCH3 is 1. The monoisotopic (exact) mass is 381 g/mol. The highest BCUT2D eigenvalue weighted by Gasteiger charge is 2.13. The second-order valence-corrected chi connectivity index (χ2v) is 5.96. The maximum absolute atomic E-state index is 5.34.